The van der Waals surface area contributed by atoms with E-state index in [0.717, 1.165) is 0 Å². The van der Waals surface area contributed by atoms with Crippen LogP contribution >= 0.6 is 0 Å². The maximum Gasteiger partial charge on any atom is 0.422 e. The molecule has 0 radical (unpaired) electrons. The minimum absolute atomic E-state index is 0.105. The van der Waals surface area contributed by atoms with Crippen molar-refractivity contribution < 1.29 is 22.7 Å². The standard InChI is InChI=1S/C11H13F3N2O2/c1-7(16-8(2)17)9-3-4-10(15-5-9)18-6-11(12,13)14/h3-5,7H,6H2,1-2H3,(H,16,17). The highest BCUT2D eigenvalue weighted by Gasteiger charge is 2.28. The van der Waals surface area contributed by atoms with Crippen LogP contribution in [-0.4, -0.2) is 23.7 Å². The summed E-state index contributed by atoms with van der Waals surface area (Å²) in [7, 11) is 0. The van der Waals surface area contributed by atoms with Gasteiger partial charge in [0.05, 0.1) is 6.04 Å². The van der Waals surface area contributed by atoms with Crippen molar-refractivity contribution in [3.8, 4) is 5.88 Å². The molecule has 1 unspecified atom stereocenters. The molecule has 1 N–H and O–H groups in total. The molecular weight excluding hydrogens is 249 g/mol. The van der Waals surface area contributed by atoms with Gasteiger partial charge >= 0.3 is 6.18 Å². The van der Waals surface area contributed by atoms with E-state index in [9.17, 15) is 18.0 Å². The monoisotopic (exact) mass is 262 g/mol. The number of hydrogen-bond acceptors (Lipinski definition) is 3. The third-order valence-corrected chi connectivity index (χ3v) is 2.06. The molecule has 100 valence electrons. The second kappa shape index (κ2) is 5.70. The molecule has 18 heavy (non-hydrogen) atoms. The number of pyridine rings is 1. The highest BCUT2D eigenvalue weighted by molar-refractivity contribution is 5.73. The number of halogens is 3. The number of nitrogens with zero attached hydrogens (tertiary/aromatic N) is 1. The molecule has 0 aliphatic heterocycles. The summed E-state index contributed by atoms with van der Waals surface area (Å²) in [6.45, 7) is 1.75. The lowest BCUT2D eigenvalue weighted by molar-refractivity contribution is -0.154. The van der Waals surface area contributed by atoms with Gasteiger partial charge in [-0.1, -0.05) is 6.07 Å². The van der Waals surface area contributed by atoms with Crippen molar-refractivity contribution in [3.63, 3.8) is 0 Å². The maximum atomic E-state index is 11.9. The lowest BCUT2D eigenvalue weighted by atomic mass is 10.1. The molecule has 1 atom stereocenters. The van der Waals surface area contributed by atoms with Crippen LogP contribution in [0.3, 0.4) is 0 Å². The second-order valence-corrected chi connectivity index (χ2v) is 3.76. The van der Waals surface area contributed by atoms with Crippen LogP contribution in [0.15, 0.2) is 18.3 Å². The zero-order valence-electron chi connectivity index (χ0n) is 9.91. The Labute approximate surface area is 102 Å². The molecule has 7 heteroatoms. The van der Waals surface area contributed by atoms with E-state index in [4.69, 9.17) is 0 Å². The topological polar surface area (TPSA) is 51.2 Å². The molecule has 0 saturated carbocycles. The zero-order chi connectivity index (χ0) is 13.8. The number of carbonyl (C=O) groups is 1. The van der Waals surface area contributed by atoms with E-state index in [2.05, 4.69) is 15.0 Å². The van der Waals surface area contributed by atoms with Crippen LogP contribution in [0.4, 0.5) is 13.2 Å². The Balaban J connectivity index is 2.60. The highest BCUT2D eigenvalue weighted by atomic mass is 19.4. The van der Waals surface area contributed by atoms with Gasteiger partial charge in [0.15, 0.2) is 6.61 Å². The van der Waals surface area contributed by atoms with Crippen LogP contribution in [0, 0.1) is 0 Å². The zero-order valence-corrected chi connectivity index (χ0v) is 9.91. The Morgan fingerprint density at radius 1 is 1.50 bits per heavy atom. The van der Waals surface area contributed by atoms with E-state index < -0.39 is 12.8 Å². The number of ether oxygens (including phenoxy) is 1. The summed E-state index contributed by atoms with van der Waals surface area (Å²) in [5.74, 6) is -0.300. The largest absolute Gasteiger partial charge is 0.468 e. The first-order chi connectivity index (χ1) is 8.28. The van der Waals surface area contributed by atoms with Crippen LogP contribution in [0.5, 0.6) is 5.88 Å². The van der Waals surface area contributed by atoms with Crippen LogP contribution in [0.1, 0.15) is 25.5 Å². The molecule has 0 fully saturated rings. The number of aromatic nitrogens is 1. The first kappa shape index (κ1) is 14.3. The third-order valence-electron chi connectivity index (χ3n) is 2.06. The Kier molecular flexibility index (Phi) is 4.52. The molecule has 0 aromatic carbocycles. The predicted molar refractivity (Wildman–Crippen MR) is 58.0 cm³/mol. The van der Waals surface area contributed by atoms with Gasteiger partial charge in [0, 0.05) is 19.2 Å². The summed E-state index contributed by atoms with van der Waals surface area (Å²) in [5, 5.41) is 2.64. The molecule has 0 aliphatic rings. The average molecular weight is 262 g/mol. The molecule has 1 amide bonds. The van der Waals surface area contributed by atoms with Gasteiger partial charge in [0.1, 0.15) is 0 Å². The van der Waals surface area contributed by atoms with Crippen molar-refractivity contribution >= 4 is 5.91 Å². The summed E-state index contributed by atoms with van der Waals surface area (Å²) in [6.07, 6.45) is -3.02. The van der Waals surface area contributed by atoms with Crippen molar-refractivity contribution in [2.75, 3.05) is 6.61 Å². The quantitative estimate of drug-likeness (QED) is 0.905. The molecule has 1 rings (SSSR count). The molecule has 0 saturated heterocycles. The molecule has 0 aliphatic carbocycles. The highest BCUT2D eigenvalue weighted by Crippen LogP contribution is 2.18. The summed E-state index contributed by atoms with van der Waals surface area (Å²) >= 11 is 0. The van der Waals surface area contributed by atoms with Crippen molar-refractivity contribution in [1.29, 1.82) is 0 Å². The van der Waals surface area contributed by atoms with E-state index in [1.165, 1.54) is 19.2 Å². The van der Waals surface area contributed by atoms with Gasteiger partial charge in [-0.2, -0.15) is 13.2 Å². The Bertz CT molecular complexity index is 404. The number of rotatable bonds is 4. The van der Waals surface area contributed by atoms with Gasteiger partial charge in [-0.3, -0.25) is 4.79 Å². The summed E-state index contributed by atoms with van der Waals surface area (Å²) in [6, 6.07) is 2.63. The van der Waals surface area contributed by atoms with Gasteiger partial charge in [-0.05, 0) is 12.5 Å². The molecule has 0 bridgehead atoms. The number of amides is 1. The fourth-order valence-corrected chi connectivity index (χ4v) is 1.28. The lowest BCUT2D eigenvalue weighted by Gasteiger charge is -2.13. The maximum absolute atomic E-state index is 11.9. The lowest BCUT2D eigenvalue weighted by Crippen LogP contribution is -2.23. The van der Waals surface area contributed by atoms with Crippen molar-refractivity contribution in [1.82, 2.24) is 10.3 Å². The normalized spacial score (nSPS) is 12.9. The minimum Gasteiger partial charge on any atom is -0.468 e. The van der Waals surface area contributed by atoms with E-state index in [-0.39, 0.29) is 17.8 Å². The van der Waals surface area contributed by atoms with Crippen LogP contribution < -0.4 is 10.1 Å². The van der Waals surface area contributed by atoms with Gasteiger partial charge < -0.3 is 10.1 Å². The molecule has 1 heterocycles. The number of alkyl halides is 3. The number of nitrogens with one attached hydrogen (secondary N) is 1. The molecule has 1 aromatic rings. The third kappa shape index (κ3) is 5.03. The summed E-state index contributed by atoms with van der Waals surface area (Å²) in [4.78, 5) is 14.6. The van der Waals surface area contributed by atoms with E-state index in [0.29, 0.717) is 5.56 Å². The minimum atomic E-state index is -4.39. The number of carbonyl (C=O) groups excluding carboxylic acids is 1. The van der Waals surface area contributed by atoms with Crippen molar-refractivity contribution in [2.24, 2.45) is 0 Å². The molecular formula is C11H13F3N2O2. The number of hydrogen-bond donors (Lipinski definition) is 1. The fourth-order valence-electron chi connectivity index (χ4n) is 1.28. The molecule has 1 aromatic heterocycles. The van der Waals surface area contributed by atoms with Gasteiger partial charge in [0.25, 0.3) is 0 Å². The molecule has 4 nitrogen and oxygen atoms in total. The average Bonchev–Trinajstić information content (AvgIpc) is 2.25. The van der Waals surface area contributed by atoms with Crippen molar-refractivity contribution in [2.45, 2.75) is 26.1 Å². The molecule has 0 spiro atoms. The Hall–Kier alpha value is -1.79. The van der Waals surface area contributed by atoms with Gasteiger partial charge in [-0.15, -0.1) is 0 Å². The second-order valence-electron chi connectivity index (χ2n) is 3.76. The van der Waals surface area contributed by atoms with E-state index in [1.54, 1.807) is 13.0 Å². The Morgan fingerprint density at radius 3 is 2.61 bits per heavy atom. The van der Waals surface area contributed by atoms with Crippen molar-refractivity contribution in [3.05, 3.63) is 23.9 Å². The first-order valence-electron chi connectivity index (χ1n) is 5.20. The fraction of sp³-hybridized carbons (Fsp3) is 0.455. The van der Waals surface area contributed by atoms with Crippen LogP contribution in [0.25, 0.3) is 0 Å². The van der Waals surface area contributed by atoms with Gasteiger partial charge in [0.2, 0.25) is 11.8 Å². The van der Waals surface area contributed by atoms with Crippen LogP contribution in [0.2, 0.25) is 0 Å². The van der Waals surface area contributed by atoms with Crippen LogP contribution in [-0.2, 0) is 4.79 Å². The summed E-state index contributed by atoms with van der Waals surface area (Å²) in [5.41, 5.74) is 0.685. The summed E-state index contributed by atoms with van der Waals surface area (Å²) < 4.78 is 40.1. The van der Waals surface area contributed by atoms with E-state index in [1.807, 2.05) is 0 Å². The Morgan fingerprint density at radius 2 is 2.17 bits per heavy atom. The van der Waals surface area contributed by atoms with E-state index >= 15 is 0 Å². The predicted octanol–water partition coefficient (Wildman–Crippen LogP) is 2.22. The first-order valence-corrected chi connectivity index (χ1v) is 5.20. The van der Waals surface area contributed by atoms with Gasteiger partial charge in [-0.25, -0.2) is 4.98 Å². The smallest absolute Gasteiger partial charge is 0.422 e. The SMILES string of the molecule is CC(=O)NC(C)c1ccc(OCC(F)(F)F)nc1.